The predicted octanol–water partition coefficient (Wildman–Crippen LogP) is 1.49. The first-order valence-corrected chi connectivity index (χ1v) is 6.37. The summed E-state index contributed by atoms with van der Waals surface area (Å²) < 4.78 is 0. The highest BCUT2D eigenvalue weighted by Crippen LogP contribution is 2.27. The third-order valence-corrected chi connectivity index (χ3v) is 3.64. The second-order valence-electron chi connectivity index (χ2n) is 5.02. The van der Waals surface area contributed by atoms with Crippen LogP contribution < -0.4 is 5.73 Å². The van der Waals surface area contributed by atoms with E-state index >= 15 is 0 Å². The van der Waals surface area contributed by atoms with Crippen molar-refractivity contribution < 1.29 is 5.11 Å². The third kappa shape index (κ3) is 3.06. The van der Waals surface area contributed by atoms with Gasteiger partial charge in [0.15, 0.2) is 0 Å². The fourth-order valence-corrected chi connectivity index (χ4v) is 2.56. The normalized spacial score (nSPS) is 23.6. The van der Waals surface area contributed by atoms with Crippen molar-refractivity contribution in [1.29, 1.82) is 0 Å². The van der Waals surface area contributed by atoms with Crippen LogP contribution in [0.5, 0.6) is 0 Å². The molecule has 1 aromatic rings. The highest BCUT2D eigenvalue weighted by Gasteiger charge is 2.18. The van der Waals surface area contributed by atoms with E-state index in [1.807, 2.05) is 12.1 Å². The number of likely N-dealkylation sites (N-methyl/N-ethyl adjacent to an activating group) is 1. The Balaban J connectivity index is 2.06. The maximum atomic E-state index is 9.64. The molecule has 17 heavy (non-hydrogen) atoms. The van der Waals surface area contributed by atoms with Crippen LogP contribution in [0.25, 0.3) is 0 Å². The van der Waals surface area contributed by atoms with E-state index in [1.54, 1.807) is 0 Å². The lowest BCUT2D eigenvalue weighted by Gasteiger charge is -2.30. The molecule has 1 aliphatic rings. The van der Waals surface area contributed by atoms with Crippen LogP contribution in [0.3, 0.4) is 0 Å². The Hall–Kier alpha value is -0.900. The first-order chi connectivity index (χ1) is 8.20. The summed E-state index contributed by atoms with van der Waals surface area (Å²) in [4.78, 5) is 2.39. The van der Waals surface area contributed by atoms with Crippen molar-refractivity contribution >= 4 is 0 Å². The van der Waals surface area contributed by atoms with Crippen LogP contribution in [0.2, 0.25) is 0 Å². The monoisotopic (exact) mass is 234 g/mol. The van der Waals surface area contributed by atoms with Gasteiger partial charge in [-0.25, -0.2) is 0 Å². The van der Waals surface area contributed by atoms with Crippen molar-refractivity contribution in [3.63, 3.8) is 0 Å². The standard InChI is InChI=1S/C14H22N2O/c1-16-8-2-3-13(10-16)11-4-6-12(7-5-11)14(17)9-15/h4-7,13-14,17H,2-3,8-10,15H2,1H3. The lowest BCUT2D eigenvalue weighted by molar-refractivity contribution is 0.186. The molecule has 1 fully saturated rings. The minimum atomic E-state index is -0.530. The van der Waals surface area contributed by atoms with Gasteiger partial charge in [0.2, 0.25) is 0 Å². The highest BCUT2D eigenvalue weighted by molar-refractivity contribution is 5.27. The molecule has 2 atom stereocenters. The zero-order chi connectivity index (χ0) is 12.3. The van der Waals surface area contributed by atoms with Gasteiger partial charge in [0.25, 0.3) is 0 Å². The van der Waals surface area contributed by atoms with Gasteiger partial charge in [0.1, 0.15) is 0 Å². The maximum absolute atomic E-state index is 9.64. The van der Waals surface area contributed by atoms with Gasteiger partial charge >= 0.3 is 0 Å². The Labute approximate surface area is 103 Å². The number of hydrogen-bond donors (Lipinski definition) is 2. The van der Waals surface area contributed by atoms with Crippen molar-refractivity contribution in [2.24, 2.45) is 5.73 Å². The summed E-state index contributed by atoms with van der Waals surface area (Å²) in [6.45, 7) is 2.63. The largest absolute Gasteiger partial charge is 0.387 e. The molecule has 1 saturated heterocycles. The number of nitrogens with zero attached hydrogens (tertiary/aromatic N) is 1. The first kappa shape index (κ1) is 12.6. The number of piperidine rings is 1. The number of aliphatic hydroxyl groups excluding tert-OH is 1. The SMILES string of the molecule is CN1CCCC(c2ccc(C(O)CN)cc2)C1. The molecule has 2 unspecified atom stereocenters. The quantitative estimate of drug-likeness (QED) is 0.833. The lowest BCUT2D eigenvalue weighted by Crippen LogP contribution is -2.30. The van der Waals surface area contributed by atoms with Crippen molar-refractivity contribution in [1.82, 2.24) is 4.90 Å². The topological polar surface area (TPSA) is 49.5 Å². The molecular formula is C14H22N2O. The summed E-state index contributed by atoms with van der Waals surface area (Å²) in [5.74, 6) is 0.637. The number of benzene rings is 1. The summed E-state index contributed by atoms with van der Waals surface area (Å²) in [6.07, 6.45) is 2.01. The molecule has 0 aromatic heterocycles. The van der Waals surface area contributed by atoms with Crippen LogP contribution in [0.1, 0.15) is 36.0 Å². The number of likely N-dealkylation sites (tertiary alicyclic amines) is 1. The van der Waals surface area contributed by atoms with Crippen molar-refractivity contribution in [2.75, 3.05) is 26.7 Å². The van der Waals surface area contributed by atoms with Gasteiger partial charge in [0.05, 0.1) is 6.10 Å². The molecule has 1 aliphatic heterocycles. The van der Waals surface area contributed by atoms with Gasteiger partial charge in [-0.2, -0.15) is 0 Å². The third-order valence-electron chi connectivity index (χ3n) is 3.64. The van der Waals surface area contributed by atoms with E-state index in [-0.39, 0.29) is 6.54 Å². The molecular weight excluding hydrogens is 212 g/mol. The maximum Gasteiger partial charge on any atom is 0.0912 e. The summed E-state index contributed by atoms with van der Waals surface area (Å²) >= 11 is 0. The van der Waals surface area contributed by atoms with E-state index in [9.17, 15) is 5.11 Å². The molecule has 0 amide bonds. The van der Waals surface area contributed by atoms with E-state index < -0.39 is 6.10 Å². The Morgan fingerprint density at radius 2 is 2.12 bits per heavy atom. The zero-order valence-corrected chi connectivity index (χ0v) is 10.5. The molecule has 1 heterocycles. The van der Waals surface area contributed by atoms with Crippen LogP contribution in [-0.2, 0) is 0 Å². The highest BCUT2D eigenvalue weighted by atomic mass is 16.3. The van der Waals surface area contributed by atoms with Gasteiger partial charge < -0.3 is 15.7 Å². The van der Waals surface area contributed by atoms with Crippen molar-refractivity contribution in [3.8, 4) is 0 Å². The minimum Gasteiger partial charge on any atom is -0.387 e. The summed E-state index contributed by atoms with van der Waals surface area (Å²) in [7, 11) is 2.18. The zero-order valence-electron chi connectivity index (χ0n) is 10.5. The van der Waals surface area contributed by atoms with Crippen LogP contribution in [0.15, 0.2) is 24.3 Å². The fourth-order valence-electron chi connectivity index (χ4n) is 2.56. The first-order valence-electron chi connectivity index (χ1n) is 6.37. The van der Waals surface area contributed by atoms with Gasteiger partial charge in [0, 0.05) is 13.1 Å². The van der Waals surface area contributed by atoms with Crippen molar-refractivity contribution in [2.45, 2.75) is 24.9 Å². The molecule has 0 saturated carbocycles. The second-order valence-corrected chi connectivity index (χ2v) is 5.02. The Morgan fingerprint density at radius 1 is 1.41 bits per heavy atom. The van der Waals surface area contributed by atoms with Gasteiger partial charge in [-0.05, 0) is 43.5 Å². The van der Waals surface area contributed by atoms with E-state index in [4.69, 9.17) is 5.73 Å². The second kappa shape index (κ2) is 5.63. The predicted molar refractivity (Wildman–Crippen MR) is 69.9 cm³/mol. The van der Waals surface area contributed by atoms with Crippen LogP contribution >= 0.6 is 0 Å². The smallest absolute Gasteiger partial charge is 0.0912 e. The fraction of sp³-hybridized carbons (Fsp3) is 0.571. The van der Waals surface area contributed by atoms with Gasteiger partial charge in [-0.3, -0.25) is 0 Å². The molecule has 3 nitrogen and oxygen atoms in total. The Bertz CT molecular complexity index is 350. The van der Waals surface area contributed by atoms with E-state index in [2.05, 4.69) is 24.1 Å². The van der Waals surface area contributed by atoms with Gasteiger partial charge in [-0.1, -0.05) is 24.3 Å². The number of hydrogen-bond acceptors (Lipinski definition) is 3. The van der Waals surface area contributed by atoms with E-state index in [0.717, 1.165) is 12.1 Å². The molecule has 0 aliphatic carbocycles. The average Bonchev–Trinajstić information content (AvgIpc) is 2.38. The molecule has 0 radical (unpaired) electrons. The van der Waals surface area contributed by atoms with E-state index in [0.29, 0.717) is 5.92 Å². The Morgan fingerprint density at radius 3 is 2.71 bits per heavy atom. The number of aliphatic hydroxyl groups is 1. The number of nitrogens with two attached hydrogens (primary N) is 1. The molecule has 3 heteroatoms. The van der Waals surface area contributed by atoms with Gasteiger partial charge in [-0.15, -0.1) is 0 Å². The molecule has 0 spiro atoms. The summed E-state index contributed by atoms with van der Waals surface area (Å²) in [6, 6.07) is 8.28. The van der Waals surface area contributed by atoms with Crippen LogP contribution in [0.4, 0.5) is 0 Å². The lowest BCUT2D eigenvalue weighted by atomic mass is 9.90. The molecule has 3 N–H and O–H groups in total. The molecule has 2 rings (SSSR count). The van der Waals surface area contributed by atoms with Crippen LogP contribution in [-0.4, -0.2) is 36.7 Å². The number of rotatable bonds is 3. The molecule has 94 valence electrons. The van der Waals surface area contributed by atoms with Crippen LogP contribution in [0, 0.1) is 0 Å². The minimum absolute atomic E-state index is 0.283. The Kier molecular flexibility index (Phi) is 4.15. The molecule has 1 aromatic carbocycles. The summed E-state index contributed by atoms with van der Waals surface area (Å²) in [5.41, 5.74) is 7.74. The van der Waals surface area contributed by atoms with Crippen molar-refractivity contribution in [3.05, 3.63) is 35.4 Å². The molecule has 0 bridgehead atoms. The van der Waals surface area contributed by atoms with E-state index in [1.165, 1.54) is 24.9 Å². The average molecular weight is 234 g/mol. The summed E-state index contributed by atoms with van der Waals surface area (Å²) in [5, 5.41) is 9.64.